The van der Waals surface area contributed by atoms with Gasteiger partial charge in [0.05, 0.1) is 0 Å². The molecule has 5 heteroatoms. The molecule has 0 bridgehead atoms. The standard InChI is InChI=1S/C13H15N3O2/c1-13(8-16(17)18)12-10(6-7-14-13)9-4-2-3-5-11(9)15-12/h2-5,14-15H,6-8H2,1H3. The molecule has 1 aromatic carbocycles. The number of hydrogen-bond donors (Lipinski definition) is 2. The summed E-state index contributed by atoms with van der Waals surface area (Å²) in [5.41, 5.74) is 2.64. The third-order valence-electron chi connectivity index (χ3n) is 3.70. The van der Waals surface area contributed by atoms with Gasteiger partial charge in [0.25, 0.3) is 0 Å². The second kappa shape index (κ2) is 3.81. The molecule has 0 radical (unpaired) electrons. The number of hydrogen-bond acceptors (Lipinski definition) is 3. The Bertz CT molecular complexity index is 620. The van der Waals surface area contributed by atoms with Gasteiger partial charge in [-0.15, -0.1) is 0 Å². The zero-order valence-electron chi connectivity index (χ0n) is 10.2. The third kappa shape index (κ3) is 1.59. The first-order valence-electron chi connectivity index (χ1n) is 6.07. The van der Waals surface area contributed by atoms with Crippen molar-refractivity contribution in [3.8, 4) is 0 Å². The van der Waals surface area contributed by atoms with Crippen molar-refractivity contribution >= 4 is 10.9 Å². The SMILES string of the molecule is CC1(C[N+](=O)[O-])NCCc2c1[nH]c1ccccc21. The van der Waals surface area contributed by atoms with Crippen molar-refractivity contribution in [1.29, 1.82) is 0 Å². The molecule has 0 fully saturated rings. The Labute approximate surface area is 104 Å². The van der Waals surface area contributed by atoms with Crippen molar-refractivity contribution < 1.29 is 4.92 Å². The van der Waals surface area contributed by atoms with Gasteiger partial charge >= 0.3 is 0 Å². The highest BCUT2D eigenvalue weighted by Gasteiger charge is 2.38. The van der Waals surface area contributed by atoms with Crippen LogP contribution < -0.4 is 5.32 Å². The summed E-state index contributed by atoms with van der Waals surface area (Å²) in [5.74, 6) is 0. The van der Waals surface area contributed by atoms with Crippen molar-refractivity contribution in [3.05, 3.63) is 45.6 Å². The van der Waals surface area contributed by atoms with Crippen LogP contribution >= 0.6 is 0 Å². The molecule has 0 saturated heterocycles. The molecule has 0 saturated carbocycles. The number of aromatic amines is 1. The van der Waals surface area contributed by atoms with Crippen LogP contribution in [0.15, 0.2) is 24.3 Å². The summed E-state index contributed by atoms with van der Waals surface area (Å²) < 4.78 is 0. The molecule has 2 heterocycles. The van der Waals surface area contributed by atoms with Gasteiger partial charge in [0.2, 0.25) is 6.54 Å². The average molecular weight is 245 g/mol. The Morgan fingerprint density at radius 2 is 2.22 bits per heavy atom. The maximum atomic E-state index is 10.8. The Kier molecular flexibility index (Phi) is 2.38. The normalized spacial score (nSPS) is 22.9. The number of nitrogens with one attached hydrogen (secondary N) is 2. The van der Waals surface area contributed by atoms with E-state index in [1.165, 1.54) is 10.9 Å². The number of H-pyrrole nitrogens is 1. The minimum atomic E-state index is -0.601. The maximum Gasteiger partial charge on any atom is 0.227 e. The first-order valence-corrected chi connectivity index (χ1v) is 6.07. The molecule has 1 atom stereocenters. The van der Waals surface area contributed by atoms with Crippen LogP contribution in [0.2, 0.25) is 0 Å². The smallest absolute Gasteiger partial charge is 0.227 e. The fourth-order valence-electron chi connectivity index (χ4n) is 2.88. The predicted octanol–water partition coefficient (Wildman–Crippen LogP) is 1.81. The van der Waals surface area contributed by atoms with Gasteiger partial charge in [-0.3, -0.25) is 10.1 Å². The molecule has 5 nitrogen and oxygen atoms in total. The molecule has 2 N–H and O–H groups in total. The van der Waals surface area contributed by atoms with Crippen LogP contribution in [-0.2, 0) is 12.0 Å². The monoisotopic (exact) mass is 245 g/mol. The third-order valence-corrected chi connectivity index (χ3v) is 3.70. The Morgan fingerprint density at radius 1 is 1.44 bits per heavy atom. The van der Waals surface area contributed by atoms with Gasteiger partial charge < -0.3 is 10.3 Å². The fraction of sp³-hybridized carbons (Fsp3) is 0.385. The highest BCUT2D eigenvalue weighted by Crippen LogP contribution is 2.33. The van der Waals surface area contributed by atoms with Gasteiger partial charge in [0, 0.05) is 28.1 Å². The van der Waals surface area contributed by atoms with Gasteiger partial charge in [-0.25, -0.2) is 0 Å². The van der Waals surface area contributed by atoms with Crippen molar-refractivity contribution in [1.82, 2.24) is 10.3 Å². The number of nitro groups is 1. The van der Waals surface area contributed by atoms with E-state index in [1.807, 2.05) is 25.1 Å². The summed E-state index contributed by atoms with van der Waals surface area (Å²) in [6, 6.07) is 8.06. The topological polar surface area (TPSA) is 71.0 Å². The fourth-order valence-corrected chi connectivity index (χ4v) is 2.88. The summed E-state index contributed by atoms with van der Waals surface area (Å²) in [5, 5.41) is 15.3. The zero-order chi connectivity index (χ0) is 12.8. The van der Waals surface area contributed by atoms with Gasteiger partial charge in [0.15, 0.2) is 0 Å². The molecular formula is C13H15N3O2. The van der Waals surface area contributed by atoms with Gasteiger partial charge in [-0.05, 0) is 25.0 Å². The summed E-state index contributed by atoms with van der Waals surface area (Å²) in [4.78, 5) is 13.9. The molecule has 1 aliphatic rings. The van der Waals surface area contributed by atoms with Crippen molar-refractivity contribution in [2.45, 2.75) is 18.9 Å². The van der Waals surface area contributed by atoms with Gasteiger partial charge in [-0.1, -0.05) is 18.2 Å². The molecule has 18 heavy (non-hydrogen) atoms. The first kappa shape index (κ1) is 11.2. The number of benzene rings is 1. The lowest BCUT2D eigenvalue weighted by molar-refractivity contribution is -0.492. The Hall–Kier alpha value is -1.88. The molecule has 0 spiro atoms. The molecule has 3 rings (SSSR count). The quantitative estimate of drug-likeness (QED) is 0.626. The highest BCUT2D eigenvalue weighted by atomic mass is 16.6. The number of fused-ring (bicyclic) bond motifs is 3. The molecule has 1 aromatic heterocycles. The van der Waals surface area contributed by atoms with E-state index in [9.17, 15) is 10.1 Å². The van der Waals surface area contributed by atoms with Crippen LogP contribution in [0, 0.1) is 10.1 Å². The van der Waals surface area contributed by atoms with E-state index < -0.39 is 5.54 Å². The molecule has 0 amide bonds. The van der Waals surface area contributed by atoms with Gasteiger partial charge in [-0.2, -0.15) is 0 Å². The highest BCUT2D eigenvalue weighted by molar-refractivity contribution is 5.85. The lowest BCUT2D eigenvalue weighted by Crippen LogP contribution is -2.49. The lowest BCUT2D eigenvalue weighted by atomic mass is 9.88. The Morgan fingerprint density at radius 3 is 3.00 bits per heavy atom. The van der Waals surface area contributed by atoms with Crippen LogP contribution in [0.4, 0.5) is 0 Å². The van der Waals surface area contributed by atoms with E-state index in [1.54, 1.807) is 0 Å². The first-order chi connectivity index (χ1) is 8.60. The van der Waals surface area contributed by atoms with E-state index in [4.69, 9.17) is 0 Å². The zero-order valence-corrected chi connectivity index (χ0v) is 10.2. The molecule has 1 aliphatic heterocycles. The molecule has 94 valence electrons. The summed E-state index contributed by atoms with van der Waals surface area (Å²) in [6.45, 7) is 2.56. The second-order valence-electron chi connectivity index (χ2n) is 5.02. The minimum absolute atomic E-state index is 0.104. The summed E-state index contributed by atoms with van der Waals surface area (Å²) in [7, 11) is 0. The summed E-state index contributed by atoms with van der Waals surface area (Å²) in [6.07, 6.45) is 0.909. The number of nitrogens with zero attached hydrogens (tertiary/aromatic N) is 1. The lowest BCUT2D eigenvalue weighted by Gasteiger charge is -2.31. The van der Waals surface area contributed by atoms with Gasteiger partial charge in [0.1, 0.15) is 5.54 Å². The Balaban J connectivity index is 2.18. The average Bonchev–Trinajstić information content (AvgIpc) is 2.69. The van der Waals surface area contributed by atoms with E-state index in [-0.39, 0.29) is 11.5 Å². The van der Waals surface area contributed by atoms with E-state index in [0.717, 1.165) is 24.2 Å². The summed E-state index contributed by atoms with van der Waals surface area (Å²) >= 11 is 0. The minimum Gasteiger partial charge on any atom is -0.356 e. The van der Waals surface area contributed by atoms with Crippen LogP contribution in [0.5, 0.6) is 0 Å². The van der Waals surface area contributed by atoms with Crippen molar-refractivity contribution in [3.63, 3.8) is 0 Å². The van der Waals surface area contributed by atoms with E-state index >= 15 is 0 Å². The van der Waals surface area contributed by atoms with Crippen LogP contribution in [-0.4, -0.2) is 23.0 Å². The van der Waals surface area contributed by atoms with Crippen molar-refractivity contribution in [2.75, 3.05) is 13.1 Å². The maximum absolute atomic E-state index is 10.8. The van der Waals surface area contributed by atoms with E-state index in [2.05, 4.69) is 16.4 Å². The molecule has 1 unspecified atom stereocenters. The molecular weight excluding hydrogens is 230 g/mol. The van der Waals surface area contributed by atoms with E-state index in [0.29, 0.717) is 0 Å². The van der Waals surface area contributed by atoms with Crippen LogP contribution in [0.3, 0.4) is 0 Å². The second-order valence-corrected chi connectivity index (χ2v) is 5.02. The van der Waals surface area contributed by atoms with Crippen molar-refractivity contribution in [2.24, 2.45) is 0 Å². The van der Waals surface area contributed by atoms with Crippen LogP contribution in [0.25, 0.3) is 10.9 Å². The molecule has 2 aromatic rings. The number of para-hydroxylation sites is 1. The predicted molar refractivity (Wildman–Crippen MR) is 69.2 cm³/mol. The largest absolute Gasteiger partial charge is 0.356 e. The number of aromatic nitrogens is 1. The van der Waals surface area contributed by atoms with Crippen LogP contribution in [0.1, 0.15) is 18.2 Å². The molecule has 0 aliphatic carbocycles. The number of rotatable bonds is 2.